The fourth-order valence-electron chi connectivity index (χ4n) is 2.98. The molecule has 0 spiro atoms. The Labute approximate surface area is 148 Å². The lowest BCUT2D eigenvalue weighted by molar-refractivity contribution is 0.223. The van der Waals surface area contributed by atoms with Crippen LogP contribution in [0.25, 0.3) is 0 Å². The van der Waals surface area contributed by atoms with E-state index in [4.69, 9.17) is 4.99 Å². The van der Waals surface area contributed by atoms with Gasteiger partial charge in [0.2, 0.25) is 0 Å². The van der Waals surface area contributed by atoms with Gasteiger partial charge in [0.25, 0.3) is 0 Å². The van der Waals surface area contributed by atoms with Gasteiger partial charge in [-0.05, 0) is 70.6 Å². The quantitative estimate of drug-likeness (QED) is 0.683. The minimum Gasteiger partial charge on any atom is -0.333 e. The molecule has 0 saturated carbocycles. The van der Waals surface area contributed by atoms with E-state index in [1.807, 2.05) is 0 Å². The molecule has 3 nitrogen and oxygen atoms in total. The molecule has 1 aromatic rings. The molecule has 24 heavy (non-hydrogen) atoms. The molecule has 0 saturated heterocycles. The lowest BCUT2D eigenvalue weighted by Crippen LogP contribution is -2.51. The summed E-state index contributed by atoms with van der Waals surface area (Å²) in [7, 11) is 0. The number of nitrogens with one attached hydrogen (secondary N) is 1. The Morgan fingerprint density at radius 1 is 0.958 bits per heavy atom. The number of guanidine groups is 1. The van der Waals surface area contributed by atoms with E-state index in [-0.39, 0.29) is 16.5 Å². The Morgan fingerprint density at radius 2 is 1.54 bits per heavy atom. The van der Waals surface area contributed by atoms with Crippen molar-refractivity contribution in [1.29, 1.82) is 0 Å². The van der Waals surface area contributed by atoms with Gasteiger partial charge in [0, 0.05) is 17.8 Å². The largest absolute Gasteiger partial charge is 0.333 e. The first-order valence-electron chi connectivity index (χ1n) is 8.97. The van der Waals surface area contributed by atoms with Crippen molar-refractivity contribution in [3.05, 3.63) is 28.8 Å². The van der Waals surface area contributed by atoms with Gasteiger partial charge in [-0.1, -0.05) is 32.9 Å². The zero-order valence-electron chi connectivity index (χ0n) is 17.3. The molecule has 1 N–H and O–H groups in total. The highest BCUT2D eigenvalue weighted by molar-refractivity contribution is 5.97. The van der Waals surface area contributed by atoms with E-state index >= 15 is 0 Å². The van der Waals surface area contributed by atoms with Crippen molar-refractivity contribution in [2.24, 2.45) is 4.99 Å². The Bertz CT molecular complexity index is 649. The lowest BCUT2D eigenvalue weighted by Gasteiger charge is -2.43. The van der Waals surface area contributed by atoms with E-state index < -0.39 is 0 Å². The first-order valence-corrected chi connectivity index (χ1v) is 8.97. The first kappa shape index (κ1) is 18.8. The average Bonchev–Trinajstić information content (AvgIpc) is 2.34. The molecule has 134 valence electrons. The zero-order chi connectivity index (χ0) is 18.5. The van der Waals surface area contributed by atoms with Crippen LogP contribution < -0.4 is 5.32 Å². The van der Waals surface area contributed by atoms with E-state index in [1.165, 1.54) is 22.4 Å². The van der Waals surface area contributed by atoms with Crippen LogP contribution in [0, 0.1) is 6.92 Å². The molecular weight excluding hydrogens is 294 g/mol. The summed E-state index contributed by atoms with van der Waals surface area (Å²) in [5.74, 6) is 0.981. The molecule has 0 unspecified atom stereocenters. The van der Waals surface area contributed by atoms with Crippen LogP contribution in [-0.2, 0) is 12.0 Å². The Balaban J connectivity index is 2.57. The topological polar surface area (TPSA) is 27.6 Å². The minimum atomic E-state index is -0.109. The SMILES string of the molecule is Cc1cc(C(C)(C)C)cc2c1NC(=NC(C)(C)C)N(C(C)(C)C)C2. The summed E-state index contributed by atoms with van der Waals surface area (Å²) in [6, 6.07) is 4.68. The molecule has 1 aromatic carbocycles. The molecule has 0 aliphatic carbocycles. The Morgan fingerprint density at radius 3 is 2.00 bits per heavy atom. The van der Waals surface area contributed by atoms with Crippen LogP contribution in [0.1, 0.15) is 79.0 Å². The van der Waals surface area contributed by atoms with Crippen LogP contribution >= 0.6 is 0 Å². The number of rotatable bonds is 0. The van der Waals surface area contributed by atoms with Gasteiger partial charge in [0.1, 0.15) is 0 Å². The van der Waals surface area contributed by atoms with Gasteiger partial charge in [0.15, 0.2) is 5.96 Å². The third-order valence-corrected chi connectivity index (χ3v) is 4.36. The van der Waals surface area contributed by atoms with Crippen LogP contribution in [-0.4, -0.2) is 21.9 Å². The number of hydrogen-bond donors (Lipinski definition) is 1. The smallest absolute Gasteiger partial charge is 0.199 e. The van der Waals surface area contributed by atoms with Crippen molar-refractivity contribution < 1.29 is 0 Å². The fraction of sp³-hybridized carbons (Fsp3) is 0.667. The van der Waals surface area contributed by atoms with Gasteiger partial charge in [0.05, 0.1) is 5.54 Å². The lowest BCUT2D eigenvalue weighted by atomic mass is 9.84. The van der Waals surface area contributed by atoms with Crippen LogP contribution in [0.5, 0.6) is 0 Å². The third-order valence-electron chi connectivity index (χ3n) is 4.36. The second-order valence-corrected chi connectivity index (χ2v) is 10.1. The zero-order valence-corrected chi connectivity index (χ0v) is 17.3. The van der Waals surface area contributed by atoms with E-state index in [9.17, 15) is 0 Å². The predicted molar refractivity (Wildman–Crippen MR) is 106 cm³/mol. The summed E-state index contributed by atoms with van der Waals surface area (Å²) in [6.07, 6.45) is 0. The van der Waals surface area contributed by atoms with E-state index in [2.05, 4.69) is 91.6 Å². The molecule has 0 aromatic heterocycles. The molecule has 1 aliphatic heterocycles. The van der Waals surface area contributed by atoms with Crippen molar-refractivity contribution in [1.82, 2.24) is 4.90 Å². The molecule has 3 heteroatoms. The monoisotopic (exact) mass is 329 g/mol. The highest BCUT2D eigenvalue weighted by Gasteiger charge is 2.32. The Kier molecular flexibility index (Phi) is 4.54. The van der Waals surface area contributed by atoms with Crippen LogP contribution in [0.3, 0.4) is 0 Å². The molecule has 1 aliphatic rings. The van der Waals surface area contributed by atoms with Crippen molar-refractivity contribution in [2.75, 3.05) is 5.32 Å². The van der Waals surface area contributed by atoms with Crippen molar-refractivity contribution in [2.45, 2.75) is 92.3 Å². The standard InChI is InChI=1S/C21H35N3/c1-14-11-16(19(2,3)4)12-15-13-24(21(8,9)10)18(22-17(14)15)23-20(5,6)7/h11-12H,13H2,1-10H3,(H,22,23). The van der Waals surface area contributed by atoms with Crippen molar-refractivity contribution >= 4 is 11.6 Å². The highest BCUT2D eigenvalue weighted by Crippen LogP contribution is 2.35. The van der Waals surface area contributed by atoms with Crippen molar-refractivity contribution in [3.8, 4) is 0 Å². The fourth-order valence-corrected chi connectivity index (χ4v) is 2.98. The van der Waals surface area contributed by atoms with Crippen LogP contribution in [0.15, 0.2) is 17.1 Å². The average molecular weight is 330 g/mol. The maximum Gasteiger partial charge on any atom is 0.199 e. The maximum absolute atomic E-state index is 4.96. The minimum absolute atomic E-state index is 0.0143. The third kappa shape index (κ3) is 4.12. The molecule has 0 atom stereocenters. The molecule has 0 amide bonds. The van der Waals surface area contributed by atoms with Gasteiger partial charge in [-0.3, -0.25) is 0 Å². The first-order chi connectivity index (χ1) is 10.7. The summed E-state index contributed by atoms with van der Waals surface area (Å²) >= 11 is 0. The maximum atomic E-state index is 4.96. The summed E-state index contributed by atoms with van der Waals surface area (Å²) in [5, 5.41) is 3.63. The number of nitrogens with zero attached hydrogens (tertiary/aromatic N) is 2. The van der Waals surface area contributed by atoms with Crippen molar-refractivity contribution in [3.63, 3.8) is 0 Å². The van der Waals surface area contributed by atoms with Crippen LogP contribution in [0.4, 0.5) is 5.69 Å². The van der Waals surface area contributed by atoms with Crippen LogP contribution in [0.2, 0.25) is 0 Å². The summed E-state index contributed by atoms with van der Waals surface area (Å²) in [6.45, 7) is 23.1. The molecule has 2 rings (SSSR count). The van der Waals surface area contributed by atoms with E-state index in [0.29, 0.717) is 0 Å². The molecular formula is C21H35N3. The normalized spacial score (nSPS) is 17.8. The number of aliphatic imine (C=N–C) groups is 1. The number of aryl methyl sites for hydroxylation is 1. The summed E-state index contributed by atoms with van der Waals surface area (Å²) in [5.41, 5.74) is 5.35. The number of fused-ring (bicyclic) bond motifs is 1. The number of hydrogen-bond acceptors (Lipinski definition) is 1. The highest BCUT2D eigenvalue weighted by atomic mass is 15.4. The van der Waals surface area contributed by atoms with Gasteiger partial charge in [-0.25, -0.2) is 4.99 Å². The second kappa shape index (κ2) is 5.79. The van der Waals surface area contributed by atoms with Gasteiger partial charge < -0.3 is 10.2 Å². The summed E-state index contributed by atoms with van der Waals surface area (Å²) in [4.78, 5) is 7.34. The van der Waals surface area contributed by atoms with E-state index in [1.54, 1.807) is 0 Å². The molecule has 0 fully saturated rings. The molecule has 0 bridgehead atoms. The predicted octanol–water partition coefficient (Wildman–Crippen LogP) is 5.47. The van der Waals surface area contributed by atoms with E-state index in [0.717, 1.165) is 12.5 Å². The molecule has 0 radical (unpaired) electrons. The molecule has 1 heterocycles. The second-order valence-electron chi connectivity index (χ2n) is 10.1. The van der Waals surface area contributed by atoms with Gasteiger partial charge in [-0.2, -0.15) is 0 Å². The van der Waals surface area contributed by atoms with Gasteiger partial charge >= 0.3 is 0 Å². The number of anilines is 1. The number of benzene rings is 1. The Hall–Kier alpha value is -1.51. The summed E-state index contributed by atoms with van der Waals surface area (Å²) < 4.78 is 0. The van der Waals surface area contributed by atoms with Gasteiger partial charge in [-0.15, -0.1) is 0 Å².